The zero-order chi connectivity index (χ0) is 12.4. The molecule has 4 heteroatoms. The van der Waals surface area contributed by atoms with Crippen LogP contribution in [0.5, 0.6) is 0 Å². The summed E-state index contributed by atoms with van der Waals surface area (Å²) in [7, 11) is 1.66. The van der Waals surface area contributed by atoms with Crippen molar-refractivity contribution in [1.82, 2.24) is 0 Å². The molecule has 0 unspecified atom stereocenters. The van der Waals surface area contributed by atoms with Gasteiger partial charge in [0.2, 0.25) is 0 Å². The van der Waals surface area contributed by atoms with Crippen molar-refractivity contribution in [2.45, 2.75) is 39.5 Å². The topological polar surface area (TPSA) is 55.8 Å². The van der Waals surface area contributed by atoms with E-state index in [0.717, 1.165) is 6.42 Å². The minimum absolute atomic E-state index is 0.512. The standard InChI is InChI=1S/C12H24O4/c1-4-12(5-2,11(13)14)7-10-16-9-6-8-15-3/h4-10H2,1-3H3,(H,13,14). The van der Waals surface area contributed by atoms with Crippen LogP contribution in [0.2, 0.25) is 0 Å². The molecule has 0 amide bonds. The van der Waals surface area contributed by atoms with Gasteiger partial charge in [-0.1, -0.05) is 13.8 Å². The van der Waals surface area contributed by atoms with Crippen LogP contribution in [0, 0.1) is 5.41 Å². The van der Waals surface area contributed by atoms with Gasteiger partial charge in [-0.3, -0.25) is 4.79 Å². The van der Waals surface area contributed by atoms with E-state index < -0.39 is 11.4 Å². The van der Waals surface area contributed by atoms with Gasteiger partial charge in [0.25, 0.3) is 0 Å². The molecule has 0 aromatic rings. The summed E-state index contributed by atoms with van der Waals surface area (Å²) in [5.41, 5.74) is -0.610. The van der Waals surface area contributed by atoms with E-state index in [4.69, 9.17) is 9.47 Å². The van der Waals surface area contributed by atoms with Crippen LogP contribution < -0.4 is 0 Å². The lowest BCUT2D eigenvalue weighted by molar-refractivity contribution is -0.150. The van der Waals surface area contributed by atoms with Gasteiger partial charge in [-0.15, -0.1) is 0 Å². The fourth-order valence-electron chi connectivity index (χ4n) is 1.69. The number of aliphatic carboxylic acids is 1. The van der Waals surface area contributed by atoms with Crippen molar-refractivity contribution in [2.75, 3.05) is 26.9 Å². The number of methoxy groups -OCH3 is 1. The van der Waals surface area contributed by atoms with Crippen molar-refractivity contribution < 1.29 is 19.4 Å². The van der Waals surface area contributed by atoms with Crippen molar-refractivity contribution >= 4 is 5.97 Å². The van der Waals surface area contributed by atoms with Crippen molar-refractivity contribution in [3.63, 3.8) is 0 Å². The summed E-state index contributed by atoms with van der Waals surface area (Å²) < 4.78 is 10.3. The predicted octanol–water partition coefficient (Wildman–Crippen LogP) is 2.32. The van der Waals surface area contributed by atoms with E-state index >= 15 is 0 Å². The zero-order valence-electron chi connectivity index (χ0n) is 10.6. The molecule has 0 aromatic carbocycles. The third kappa shape index (κ3) is 4.94. The fourth-order valence-corrected chi connectivity index (χ4v) is 1.69. The Labute approximate surface area is 97.9 Å². The lowest BCUT2D eigenvalue weighted by atomic mass is 9.79. The van der Waals surface area contributed by atoms with Gasteiger partial charge >= 0.3 is 5.97 Å². The van der Waals surface area contributed by atoms with Crippen LogP contribution >= 0.6 is 0 Å². The molecule has 0 rings (SSSR count). The van der Waals surface area contributed by atoms with E-state index in [-0.39, 0.29) is 0 Å². The normalized spacial score (nSPS) is 11.7. The molecule has 0 aromatic heterocycles. The van der Waals surface area contributed by atoms with Crippen molar-refractivity contribution in [3.8, 4) is 0 Å². The smallest absolute Gasteiger partial charge is 0.309 e. The van der Waals surface area contributed by atoms with Gasteiger partial charge in [0.1, 0.15) is 0 Å². The number of hydrogen-bond donors (Lipinski definition) is 1. The Morgan fingerprint density at radius 3 is 2.25 bits per heavy atom. The molecule has 4 nitrogen and oxygen atoms in total. The van der Waals surface area contributed by atoms with Crippen LogP contribution in [0.4, 0.5) is 0 Å². The molecule has 0 atom stereocenters. The van der Waals surface area contributed by atoms with Gasteiger partial charge in [0, 0.05) is 26.9 Å². The number of carboxylic acids is 1. The lowest BCUT2D eigenvalue weighted by Gasteiger charge is -2.26. The maximum atomic E-state index is 11.2. The maximum absolute atomic E-state index is 11.2. The van der Waals surface area contributed by atoms with Gasteiger partial charge in [-0.05, 0) is 25.7 Å². The monoisotopic (exact) mass is 232 g/mol. The summed E-state index contributed by atoms with van der Waals surface area (Å²) in [4.78, 5) is 11.2. The Morgan fingerprint density at radius 2 is 1.81 bits per heavy atom. The van der Waals surface area contributed by atoms with Crippen molar-refractivity contribution in [2.24, 2.45) is 5.41 Å². The predicted molar refractivity (Wildman–Crippen MR) is 62.6 cm³/mol. The van der Waals surface area contributed by atoms with E-state index in [9.17, 15) is 9.90 Å². The van der Waals surface area contributed by atoms with Gasteiger partial charge in [0.15, 0.2) is 0 Å². The lowest BCUT2D eigenvalue weighted by Crippen LogP contribution is -2.31. The maximum Gasteiger partial charge on any atom is 0.309 e. The Balaban J connectivity index is 3.81. The highest BCUT2D eigenvalue weighted by Gasteiger charge is 2.34. The molecule has 96 valence electrons. The molecule has 16 heavy (non-hydrogen) atoms. The Morgan fingerprint density at radius 1 is 1.19 bits per heavy atom. The molecule has 0 aliphatic rings. The summed E-state index contributed by atoms with van der Waals surface area (Å²) in [5, 5.41) is 9.19. The molecule has 0 saturated heterocycles. The van der Waals surface area contributed by atoms with Crippen molar-refractivity contribution in [3.05, 3.63) is 0 Å². The minimum atomic E-state index is -0.710. The number of carboxylic acid groups (broad SMARTS) is 1. The summed E-state index contributed by atoms with van der Waals surface area (Å²) in [5.74, 6) is -0.710. The molecule has 0 heterocycles. The highest BCUT2D eigenvalue weighted by Crippen LogP contribution is 2.30. The quantitative estimate of drug-likeness (QED) is 0.587. The van der Waals surface area contributed by atoms with E-state index in [1.165, 1.54) is 0 Å². The first-order valence-corrected chi connectivity index (χ1v) is 5.93. The molecule has 0 radical (unpaired) electrons. The first kappa shape index (κ1) is 15.4. The molecule has 1 N–H and O–H groups in total. The van der Waals surface area contributed by atoms with E-state index in [1.54, 1.807) is 7.11 Å². The average Bonchev–Trinajstić information content (AvgIpc) is 2.28. The van der Waals surface area contributed by atoms with Crippen LogP contribution in [-0.4, -0.2) is 38.0 Å². The Hall–Kier alpha value is -0.610. The van der Waals surface area contributed by atoms with Crippen LogP contribution in [0.3, 0.4) is 0 Å². The van der Waals surface area contributed by atoms with Gasteiger partial charge in [-0.25, -0.2) is 0 Å². The number of carbonyl (C=O) groups is 1. The second-order valence-electron chi connectivity index (χ2n) is 4.00. The molecular weight excluding hydrogens is 208 g/mol. The molecule has 0 fully saturated rings. The van der Waals surface area contributed by atoms with Gasteiger partial charge in [-0.2, -0.15) is 0 Å². The fraction of sp³-hybridized carbons (Fsp3) is 0.917. The first-order valence-electron chi connectivity index (χ1n) is 5.93. The zero-order valence-corrected chi connectivity index (χ0v) is 10.6. The van der Waals surface area contributed by atoms with E-state index in [2.05, 4.69) is 0 Å². The molecular formula is C12H24O4. The third-order valence-electron chi connectivity index (χ3n) is 3.17. The first-order chi connectivity index (χ1) is 7.63. The largest absolute Gasteiger partial charge is 0.481 e. The summed E-state index contributed by atoms with van der Waals surface area (Å²) in [6, 6.07) is 0. The summed E-state index contributed by atoms with van der Waals surface area (Å²) in [6.45, 7) is 5.67. The highest BCUT2D eigenvalue weighted by molar-refractivity contribution is 5.74. The van der Waals surface area contributed by atoms with E-state index in [1.807, 2.05) is 13.8 Å². The Bertz CT molecular complexity index is 187. The molecule has 0 aliphatic heterocycles. The number of ether oxygens (including phenoxy) is 2. The number of hydrogen-bond acceptors (Lipinski definition) is 3. The third-order valence-corrected chi connectivity index (χ3v) is 3.17. The minimum Gasteiger partial charge on any atom is -0.481 e. The van der Waals surface area contributed by atoms with Gasteiger partial charge in [0.05, 0.1) is 5.41 Å². The average molecular weight is 232 g/mol. The summed E-state index contributed by atoms with van der Waals surface area (Å²) >= 11 is 0. The Kier molecular flexibility index (Phi) is 8.21. The summed E-state index contributed by atoms with van der Waals surface area (Å²) in [6.07, 6.45) is 2.75. The highest BCUT2D eigenvalue weighted by atomic mass is 16.5. The molecule has 0 saturated carbocycles. The molecule has 0 aliphatic carbocycles. The molecule has 0 bridgehead atoms. The second-order valence-corrected chi connectivity index (χ2v) is 4.00. The van der Waals surface area contributed by atoms with E-state index in [0.29, 0.717) is 39.1 Å². The number of rotatable bonds is 10. The second kappa shape index (κ2) is 8.53. The van der Waals surface area contributed by atoms with Crippen LogP contribution in [0.1, 0.15) is 39.5 Å². The van der Waals surface area contributed by atoms with Gasteiger partial charge < -0.3 is 14.6 Å². The molecule has 0 spiro atoms. The van der Waals surface area contributed by atoms with Crippen LogP contribution in [0.15, 0.2) is 0 Å². The van der Waals surface area contributed by atoms with Crippen molar-refractivity contribution in [1.29, 1.82) is 0 Å². The van der Waals surface area contributed by atoms with Crippen LogP contribution in [-0.2, 0) is 14.3 Å². The SMILES string of the molecule is CCC(CC)(CCOCCCOC)C(=O)O. The van der Waals surface area contributed by atoms with Crippen LogP contribution in [0.25, 0.3) is 0 Å².